The Bertz CT molecular complexity index is 243. The summed E-state index contributed by atoms with van der Waals surface area (Å²) < 4.78 is 6.19. The van der Waals surface area contributed by atoms with Gasteiger partial charge in [0.05, 0.1) is 5.60 Å². The maximum absolute atomic E-state index is 6.19. The zero-order chi connectivity index (χ0) is 13.4. The van der Waals surface area contributed by atoms with Gasteiger partial charge in [-0.25, -0.2) is 0 Å². The Morgan fingerprint density at radius 3 is 2.44 bits per heavy atom. The predicted molar refractivity (Wildman–Crippen MR) is 79.0 cm³/mol. The summed E-state index contributed by atoms with van der Waals surface area (Å²) >= 11 is 0. The van der Waals surface area contributed by atoms with Crippen LogP contribution < -0.4 is 5.32 Å². The van der Waals surface area contributed by atoms with Gasteiger partial charge in [-0.2, -0.15) is 0 Å². The second kappa shape index (κ2) is 7.96. The second-order valence-corrected chi connectivity index (χ2v) is 5.52. The van der Waals surface area contributed by atoms with Crippen LogP contribution in [0.25, 0.3) is 0 Å². The van der Waals surface area contributed by atoms with E-state index in [1.807, 2.05) is 0 Å². The zero-order valence-electron chi connectivity index (χ0n) is 12.6. The largest absolute Gasteiger partial charge is 0.374 e. The topological polar surface area (TPSA) is 21.3 Å². The first-order valence-electron chi connectivity index (χ1n) is 7.72. The lowest BCUT2D eigenvalue weighted by molar-refractivity contribution is -0.0612. The van der Waals surface area contributed by atoms with E-state index in [-0.39, 0.29) is 5.60 Å². The maximum Gasteiger partial charge on any atom is 0.0837 e. The molecule has 1 aliphatic carbocycles. The molecule has 0 bridgehead atoms. The Balaban J connectivity index is 2.73. The van der Waals surface area contributed by atoms with Crippen LogP contribution >= 0.6 is 0 Å². The summed E-state index contributed by atoms with van der Waals surface area (Å²) in [6, 6.07) is 0.451. The van der Waals surface area contributed by atoms with E-state index in [2.05, 4.69) is 32.7 Å². The van der Waals surface area contributed by atoms with Crippen molar-refractivity contribution in [3.63, 3.8) is 0 Å². The first-order chi connectivity index (χ1) is 8.68. The molecule has 106 valence electrons. The van der Waals surface area contributed by atoms with Crippen molar-refractivity contribution in [1.82, 2.24) is 5.32 Å². The first kappa shape index (κ1) is 15.7. The number of nitrogens with one attached hydrogen (secondary N) is 1. The zero-order valence-corrected chi connectivity index (χ0v) is 12.6. The van der Waals surface area contributed by atoms with E-state index < -0.39 is 0 Å². The van der Waals surface area contributed by atoms with E-state index in [0.29, 0.717) is 6.04 Å². The molecular weight excluding hydrogens is 222 g/mol. The van der Waals surface area contributed by atoms with Crippen LogP contribution in [0, 0.1) is 0 Å². The number of rotatable bonds is 9. The molecule has 1 unspecified atom stereocenters. The van der Waals surface area contributed by atoms with Crippen molar-refractivity contribution in [2.45, 2.75) is 77.4 Å². The molecule has 18 heavy (non-hydrogen) atoms. The molecule has 0 spiro atoms. The molecule has 0 aromatic heterocycles. The minimum atomic E-state index is 0.0715. The van der Waals surface area contributed by atoms with Crippen molar-refractivity contribution in [3.05, 3.63) is 12.2 Å². The fraction of sp³-hybridized carbons (Fsp3) is 0.875. The normalized spacial score (nSPS) is 19.9. The van der Waals surface area contributed by atoms with Crippen LogP contribution in [-0.2, 0) is 4.74 Å². The van der Waals surface area contributed by atoms with E-state index in [1.165, 1.54) is 37.7 Å². The van der Waals surface area contributed by atoms with Gasteiger partial charge in [-0.05, 0) is 45.6 Å². The molecule has 0 aliphatic heterocycles. The van der Waals surface area contributed by atoms with Gasteiger partial charge < -0.3 is 10.1 Å². The molecule has 2 heteroatoms. The maximum atomic E-state index is 6.19. The summed E-state index contributed by atoms with van der Waals surface area (Å²) in [5.74, 6) is 0. The van der Waals surface area contributed by atoms with Gasteiger partial charge >= 0.3 is 0 Å². The summed E-state index contributed by atoms with van der Waals surface area (Å²) in [5, 5.41) is 3.72. The van der Waals surface area contributed by atoms with Crippen LogP contribution in [0.15, 0.2) is 12.2 Å². The van der Waals surface area contributed by atoms with Crippen molar-refractivity contribution in [2.24, 2.45) is 0 Å². The van der Waals surface area contributed by atoms with Crippen molar-refractivity contribution in [1.29, 1.82) is 0 Å². The molecule has 0 aromatic carbocycles. The van der Waals surface area contributed by atoms with Crippen LogP contribution in [0.2, 0.25) is 0 Å². The molecule has 1 aliphatic rings. The SMILES string of the molecule is C=C(CC)CC(NCCC)C1(OCC)CCCC1. The highest BCUT2D eigenvalue weighted by atomic mass is 16.5. The van der Waals surface area contributed by atoms with Crippen LogP contribution in [-0.4, -0.2) is 24.8 Å². The highest BCUT2D eigenvalue weighted by Crippen LogP contribution is 2.38. The lowest BCUT2D eigenvalue weighted by Gasteiger charge is -2.38. The second-order valence-electron chi connectivity index (χ2n) is 5.52. The van der Waals surface area contributed by atoms with Gasteiger partial charge in [0, 0.05) is 12.6 Å². The molecule has 0 aromatic rings. The van der Waals surface area contributed by atoms with E-state index in [0.717, 1.165) is 26.0 Å². The van der Waals surface area contributed by atoms with Crippen LogP contribution in [0.3, 0.4) is 0 Å². The van der Waals surface area contributed by atoms with Crippen molar-refractivity contribution in [2.75, 3.05) is 13.2 Å². The predicted octanol–water partition coefficient (Wildman–Crippen LogP) is 4.06. The Labute approximate surface area is 113 Å². The molecular formula is C16H31NO. The van der Waals surface area contributed by atoms with Crippen LogP contribution in [0.5, 0.6) is 0 Å². The summed E-state index contributed by atoms with van der Waals surface area (Å²) in [6.07, 6.45) is 8.35. The van der Waals surface area contributed by atoms with Gasteiger partial charge in [-0.15, -0.1) is 0 Å². The highest BCUT2D eigenvalue weighted by molar-refractivity contribution is 5.05. The summed E-state index contributed by atoms with van der Waals surface area (Å²) in [7, 11) is 0. The fourth-order valence-electron chi connectivity index (χ4n) is 3.05. The third-order valence-electron chi connectivity index (χ3n) is 4.15. The Morgan fingerprint density at radius 1 is 1.28 bits per heavy atom. The van der Waals surface area contributed by atoms with Gasteiger partial charge in [-0.1, -0.05) is 38.8 Å². The third kappa shape index (κ3) is 4.10. The van der Waals surface area contributed by atoms with Crippen LogP contribution in [0.1, 0.15) is 65.7 Å². The fourth-order valence-corrected chi connectivity index (χ4v) is 3.05. The van der Waals surface area contributed by atoms with Gasteiger partial charge in [0.15, 0.2) is 0 Å². The molecule has 1 saturated carbocycles. The number of hydrogen-bond donors (Lipinski definition) is 1. The van der Waals surface area contributed by atoms with E-state index in [9.17, 15) is 0 Å². The Kier molecular flexibility index (Phi) is 6.95. The summed E-state index contributed by atoms with van der Waals surface area (Å²) in [6.45, 7) is 12.6. The van der Waals surface area contributed by atoms with Gasteiger partial charge in [-0.3, -0.25) is 0 Å². The Hall–Kier alpha value is -0.340. The number of hydrogen-bond acceptors (Lipinski definition) is 2. The van der Waals surface area contributed by atoms with Gasteiger partial charge in [0.25, 0.3) is 0 Å². The quantitative estimate of drug-likeness (QED) is 0.626. The minimum Gasteiger partial charge on any atom is -0.374 e. The van der Waals surface area contributed by atoms with Crippen molar-refractivity contribution >= 4 is 0 Å². The lowest BCUT2D eigenvalue weighted by atomic mass is 9.86. The number of ether oxygens (including phenoxy) is 1. The monoisotopic (exact) mass is 253 g/mol. The van der Waals surface area contributed by atoms with Gasteiger partial charge in [0.2, 0.25) is 0 Å². The lowest BCUT2D eigenvalue weighted by Crippen LogP contribution is -2.51. The Morgan fingerprint density at radius 2 is 1.94 bits per heavy atom. The molecule has 1 rings (SSSR count). The molecule has 1 atom stereocenters. The molecule has 0 saturated heterocycles. The smallest absolute Gasteiger partial charge is 0.0837 e. The van der Waals surface area contributed by atoms with Gasteiger partial charge in [0.1, 0.15) is 0 Å². The van der Waals surface area contributed by atoms with Crippen molar-refractivity contribution in [3.8, 4) is 0 Å². The van der Waals surface area contributed by atoms with E-state index in [1.54, 1.807) is 0 Å². The first-order valence-corrected chi connectivity index (χ1v) is 7.72. The minimum absolute atomic E-state index is 0.0715. The average Bonchev–Trinajstić information content (AvgIpc) is 2.84. The standard InChI is InChI=1S/C16H31NO/c1-5-12-17-15(13-14(4)6-2)16(18-7-3)10-8-9-11-16/h15,17H,4-13H2,1-3H3. The molecule has 0 amide bonds. The molecule has 0 heterocycles. The average molecular weight is 253 g/mol. The van der Waals surface area contributed by atoms with E-state index in [4.69, 9.17) is 4.74 Å². The summed E-state index contributed by atoms with van der Waals surface area (Å²) in [5.41, 5.74) is 1.41. The third-order valence-corrected chi connectivity index (χ3v) is 4.15. The van der Waals surface area contributed by atoms with Crippen molar-refractivity contribution < 1.29 is 4.74 Å². The highest BCUT2D eigenvalue weighted by Gasteiger charge is 2.41. The molecule has 2 nitrogen and oxygen atoms in total. The van der Waals surface area contributed by atoms with Crippen LogP contribution in [0.4, 0.5) is 0 Å². The van der Waals surface area contributed by atoms with E-state index >= 15 is 0 Å². The molecule has 1 fully saturated rings. The molecule has 1 N–H and O–H groups in total. The summed E-state index contributed by atoms with van der Waals surface area (Å²) in [4.78, 5) is 0. The molecule has 0 radical (unpaired) electrons.